The van der Waals surface area contributed by atoms with Crippen molar-refractivity contribution in [3.8, 4) is 11.5 Å². The molecule has 3 aromatic rings. The summed E-state index contributed by atoms with van der Waals surface area (Å²) < 4.78 is 5.18. The summed E-state index contributed by atoms with van der Waals surface area (Å²) in [6.45, 7) is 0. The van der Waals surface area contributed by atoms with E-state index in [1.807, 2.05) is 30.3 Å². The van der Waals surface area contributed by atoms with Crippen LogP contribution in [0, 0.1) is 0 Å². The Balaban J connectivity index is 1.83. The molecule has 0 aliphatic carbocycles. The molecule has 4 nitrogen and oxygen atoms in total. The van der Waals surface area contributed by atoms with Gasteiger partial charge in [-0.15, -0.1) is 0 Å². The van der Waals surface area contributed by atoms with Crippen LogP contribution in [0.2, 0.25) is 0 Å². The molecule has 0 aliphatic heterocycles. The predicted octanol–water partition coefficient (Wildman–Crippen LogP) is 3.85. The molecule has 114 valence electrons. The quantitative estimate of drug-likeness (QED) is 0.587. The van der Waals surface area contributed by atoms with E-state index in [1.54, 1.807) is 25.3 Å². The Morgan fingerprint density at radius 3 is 2.61 bits per heavy atom. The van der Waals surface area contributed by atoms with E-state index in [1.165, 1.54) is 18.2 Å². The van der Waals surface area contributed by atoms with Crippen molar-refractivity contribution in [3.63, 3.8) is 0 Å². The number of carbonyl (C=O) groups excluding carboxylic acids is 1. The first-order valence-corrected chi connectivity index (χ1v) is 7.12. The second-order valence-corrected chi connectivity index (χ2v) is 5.04. The van der Waals surface area contributed by atoms with Crippen molar-refractivity contribution in [3.05, 3.63) is 71.9 Å². The van der Waals surface area contributed by atoms with Gasteiger partial charge in [0.1, 0.15) is 11.5 Å². The highest BCUT2D eigenvalue weighted by Gasteiger charge is 2.02. The maximum Gasteiger partial charge on any atom is 0.185 e. The van der Waals surface area contributed by atoms with Crippen LogP contribution < -0.4 is 4.74 Å². The number of benzene rings is 2. The molecule has 0 spiro atoms. The van der Waals surface area contributed by atoms with Crippen LogP contribution in [-0.4, -0.2) is 23.0 Å². The molecule has 0 atom stereocenters. The van der Waals surface area contributed by atoms with E-state index in [-0.39, 0.29) is 11.5 Å². The molecular weight excluding hydrogens is 290 g/mol. The monoisotopic (exact) mass is 305 g/mol. The number of phenols is 1. The van der Waals surface area contributed by atoms with Gasteiger partial charge in [0, 0.05) is 10.9 Å². The van der Waals surface area contributed by atoms with Gasteiger partial charge >= 0.3 is 0 Å². The minimum Gasteiger partial charge on any atom is -0.508 e. The minimum absolute atomic E-state index is 0.136. The highest BCUT2D eigenvalue weighted by molar-refractivity contribution is 6.06. The fourth-order valence-electron chi connectivity index (χ4n) is 2.22. The highest BCUT2D eigenvalue weighted by Crippen LogP contribution is 2.20. The fraction of sp³-hybridized carbons (Fsp3) is 0.0526. The van der Waals surface area contributed by atoms with Crippen molar-refractivity contribution < 1.29 is 14.6 Å². The number of ether oxygens (including phenoxy) is 1. The van der Waals surface area contributed by atoms with Crippen LogP contribution >= 0.6 is 0 Å². The lowest BCUT2D eigenvalue weighted by atomic mass is 10.1. The Morgan fingerprint density at radius 1 is 1.09 bits per heavy atom. The summed E-state index contributed by atoms with van der Waals surface area (Å²) in [5, 5.41) is 10.2. The highest BCUT2D eigenvalue weighted by atomic mass is 16.5. The Morgan fingerprint density at radius 2 is 1.87 bits per heavy atom. The Kier molecular flexibility index (Phi) is 4.06. The SMILES string of the molecule is COc1ccc2nc(C=CC(=O)c3ccc(O)cc3)ccc2c1. The van der Waals surface area contributed by atoms with Gasteiger partial charge in [0.2, 0.25) is 0 Å². The van der Waals surface area contributed by atoms with Crippen molar-refractivity contribution in [2.75, 3.05) is 7.11 Å². The summed E-state index contributed by atoms with van der Waals surface area (Å²) in [5.74, 6) is 0.781. The number of nitrogens with zero attached hydrogens (tertiary/aromatic N) is 1. The second-order valence-electron chi connectivity index (χ2n) is 5.04. The third-order valence-electron chi connectivity index (χ3n) is 3.48. The molecule has 1 aromatic heterocycles. The van der Waals surface area contributed by atoms with Gasteiger partial charge in [0.05, 0.1) is 18.3 Å². The minimum atomic E-state index is -0.137. The summed E-state index contributed by atoms with van der Waals surface area (Å²) in [5.41, 5.74) is 2.06. The summed E-state index contributed by atoms with van der Waals surface area (Å²) in [4.78, 5) is 16.6. The zero-order valence-corrected chi connectivity index (χ0v) is 12.6. The van der Waals surface area contributed by atoms with Crippen LogP contribution in [0.25, 0.3) is 17.0 Å². The van der Waals surface area contributed by atoms with E-state index in [0.717, 1.165) is 16.7 Å². The predicted molar refractivity (Wildman–Crippen MR) is 89.8 cm³/mol. The van der Waals surface area contributed by atoms with Gasteiger partial charge in [0.25, 0.3) is 0 Å². The molecule has 0 aliphatic rings. The van der Waals surface area contributed by atoms with E-state index < -0.39 is 0 Å². The topological polar surface area (TPSA) is 59.4 Å². The third-order valence-corrected chi connectivity index (χ3v) is 3.48. The van der Waals surface area contributed by atoms with Gasteiger partial charge in [0.15, 0.2) is 5.78 Å². The Labute approximate surface area is 133 Å². The maximum absolute atomic E-state index is 12.1. The lowest BCUT2D eigenvalue weighted by Gasteiger charge is -2.02. The van der Waals surface area contributed by atoms with Gasteiger partial charge < -0.3 is 9.84 Å². The van der Waals surface area contributed by atoms with E-state index in [4.69, 9.17) is 4.74 Å². The molecule has 1 heterocycles. The molecule has 0 saturated heterocycles. The number of rotatable bonds is 4. The molecule has 0 bridgehead atoms. The summed E-state index contributed by atoms with van der Waals surface area (Å²) in [6.07, 6.45) is 3.16. The number of phenolic OH excluding ortho intramolecular Hbond substituents is 1. The number of ketones is 1. The van der Waals surface area contributed by atoms with Crippen molar-refractivity contribution >= 4 is 22.8 Å². The van der Waals surface area contributed by atoms with Gasteiger partial charge in [-0.05, 0) is 60.7 Å². The molecule has 0 saturated carbocycles. The molecule has 0 fully saturated rings. The first-order chi connectivity index (χ1) is 11.2. The van der Waals surface area contributed by atoms with Crippen LogP contribution in [0.5, 0.6) is 11.5 Å². The number of fused-ring (bicyclic) bond motifs is 1. The number of aromatic nitrogens is 1. The average molecular weight is 305 g/mol. The standard InChI is InChI=1S/C19H15NO3/c1-23-17-9-10-18-14(12-17)2-5-15(20-18)6-11-19(22)13-3-7-16(21)8-4-13/h2-12,21H,1H3. The largest absolute Gasteiger partial charge is 0.508 e. The summed E-state index contributed by atoms with van der Waals surface area (Å²) in [6, 6.07) is 15.6. The van der Waals surface area contributed by atoms with E-state index in [9.17, 15) is 9.90 Å². The zero-order chi connectivity index (χ0) is 16.2. The molecule has 0 unspecified atom stereocenters. The summed E-state index contributed by atoms with van der Waals surface area (Å²) in [7, 11) is 1.63. The van der Waals surface area contributed by atoms with Crippen LogP contribution in [0.4, 0.5) is 0 Å². The first kappa shape index (κ1) is 14.8. The van der Waals surface area contributed by atoms with Gasteiger partial charge in [-0.1, -0.05) is 6.07 Å². The first-order valence-electron chi connectivity index (χ1n) is 7.12. The van der Waals surface area contributed by atoms with Crippen molar-refractivity contribution in [2.45, 2.75) is 0 Å². The molecule has 0 amide bonds. The Bertz CT molecular complexity index is 883. The molecule has 3 rings (SSSR count). The van der Waals surface area contributed by atoms with E-state index in [2.05, 4.69) is 4.98 Å². The molecule has 2 aromatic carbocycles. The molecule has 4 heteroatoms. The number of aromatic hydroxyl groups is 1. The number of hydrogen-bond donors (Lipinski definition) is 1. The number of hydrogen-bond acceptors (Lipinski definition) is 4. The number of methoxy groups -OCH3 is 1. The normalized spacial score (nSPS) is 11.0. The molecule has 0 radical (unpaired) electrons. The van der Waals surface area contributed by atoms with Gasteiger partial charge in [-0.2, -0.15) is 0 Å². The van der Waals surface area contributed by atoms with Crippen LogP contribution in [-0.2, 0) is 0 Å². The van der Waals surface area contributed by atoms with Gasteiger partial charge in [-0.25, -0.2) is 4.98 Å². The van der Waals surface area contributed by atoms with Gasteiger partial charge in [-0.3, -0.25) is 4.79 Å². The zero-order valence-electron chi connectivity index (χ0n) is 12.6. The fourth-order valence-corrected chi connectivity index (χ4v) is 2.22. The van der Waals surface area contributed by atoms with Crippen LogP contribution in [0.15, 0.2) is 60.7 Å². The second kappa shape index (κ2) is 6.32. The smallest absolute Gasteiger partial charge is 0.185 e. The number of allylic oxidation sites excluding steroid dienone is 1. The van der Waals surface area contributed by atoms with Crippen molar-refractivity contribution in [1.29, 1.82) is 0 Å². The van der Waals surface area contributed by atoms with Crippen LogP contribution in [0.3, 0.4) is 0 Å². The average Bonchev–Trinajstić information content (AvgIpc) is 2.59. The summed E-state index contributed by atoms with van der Waals surface area (Å²) >= 11 is 0. The Hall–Kier alpha value is -3.14. The van der Waals surface area contributed by atoms with E-state index in [0.29, 0.717) is 11.3 Å². The van der Waals surface area contributed by atoms with Crippen molar-refractivity contribution in [2.24, 2.45) is 0 Å². The van der Waals surface area contributed by atoms with E-state index >= 15 is 0 Å². The molecule has 1 N–H and O–H groups in total. The maximum atomic E-state index is 12.1. The van der Waals surface area contributed by atoms with Crippen molar-refractivity contribution in [1.82, 2.24) is 4.98 Å². The number of pyridine rings is 1. The molecule has 23 heavy (non-hydrogen) atoms. The molecular formula is C19H15NO3. The van der Waals surface area contributed by atoms with Crippen LogP contribution in [0.1, 0.15) is 16.1 Å². The third kappa shape index (κ3) is 3.37. The number of carbonyl (C=O) groups is 1. The lowest BCUT2D eigenvalue weighted by Crippen LogP contribution is -1.93. The lowest BCUT2D eigenvalue weighted by molar-refractivity contribution is 0.104.